The summed E-state index contributed by atoms with van der Waals surface area (Å²) in [5.74, 6) is 0. The number of rotatable bonds is 0. The molecule has 0 atom stereocenters. The molecule has 0 rings (SSSR count). The minimum absolute atomic E-state index is 0. The maximum atomic E-state index is 8.74. The fourth-order valence-electron chi connectivity index (χ4n) is 0. The lowest BCUT2D eigenvalue weighted by atomic mass is 15.8. The Kier molecular flexibility index (Phi) is 60.3. The molecule has 0 aliphatic heterocycles. The Bertz CT molecular complexity index is 76.6. The van der Waals surface area contributed by atoms with E-state index in [1.807, 2.05) is 0 Å². The molecule has 0 bridgehead atoms. The fraction of sp³-hybridized carbons (Fsp3) is 0. The zero-order valence-corrected chi connectivity index (χ0v) is 5.61. The first-order valence-corrected chi connectivity index (χ1v) is 3.91. The van der Waals surface area contributed by atoms with Gasteiger partial charge in [-0.1, -0.05) is 0 Å². The highest BCUT2D eigenvalue weighted by atomic mass is 28.3. The zero-order valence-electron chi connectivity index (χ0n) is 3.61. The smallest absolute Gasteiger partial charge is 0.511 e. The lowest BCUT2D eigenvalue weighted by Crippen LogP contribution is -1.90. The summed E-state index contributed by atoms with van der Waals surface area (Å²) in [4.78, 5) is 28.6. The molecule has 6 nitrogen and oxygen atoms in total. The predicted octanol–water partition coefficient (Wildman–Crippen LogP) is -6.24. The largest absolute Gasteiger partial charge is 0.761 e. The molecule has 11 heavy (non-hydrogen) atoms. The van der Waals surface area contributed by atoms with Crippen LogP contribution in [0.2, 0.25) is 0 Å². The molecule has 0 unspecified atom stereocenters. The number of hydrogen-bond acceptors (Lipinski definition) is 2. The quantitative estimate of drug-likeness (QED) is 0.312. The SMILES string of the molecule is O=[Si](O)O.O=[Si](O)O.[AlH3].[MgH2].[MgH2]. The van der Waals surface area contributed by atoms with Gasteiger partial charge in [0.25, 0.3) is 0 Å². The third-order valence-electron chi connectivity index (χ3n) is 0. The van der Waals surface area contributed by atoms with Crippen molar-refractivity contribution in [3.8, 4) is 0 Å². The van der Waals surface area contributed by atoms with E-state index in [2.05, 4.69) is 0 Å². The van der Waals surface area contributed by atoms with Crippen molar-refractivity contribution in [2.45, 2.75) is 0 Å². The van der Waals surface area contributed by atoms with E-state index in [9.17, 15) is 0 Å². The van der Waals surface area contributed by atoms with Crippen LogP contribution in [0.15, 0.2) is 0 Å². The van der Waals surface area contributed by atoms with Gasteiger partial charge in [-0.2, -0.15) is 0 Å². The van der Waals surface area contributed by atoms with E-state index < -0.39 is 18.3 Å². The Labute approximate surface area is 109 Å². The lowest BCUT2D eigenvalue weighted by Gasteiger charge is -1.55. The van der Waals surface area contributed by atoms with Crippen molar-refractivity contribution in [2.24, 2.45) is 0 Å². The molecule has 0 spiro atoms. The number of hydrogen-bond donors (Lipinski definition) is 4. The van der Waals surface area contributed by atoms with Gasteiger partial charge < -0.3 is 19.2 Å². The maximum absolute atomic E-state index is 8.74. The van der Waals surface area contributed by atoms with Crippen LogP contribution in [0.1, 0.15) is 0 Å². The van der Waals surface area contributed by atoms with Crippen LogP contribution in [0, 0.1) is 0 Å². The molecule has 0 radical (unpaired) electrons. The van der Waals surface area contributed by atoms with Crippen molar-refractivity contribution in [3.63, 3.8) is 0 Å². The van der Waals surface area contributed by atoms with Gasteiger partial charge in [0.2, 0.25) is 0 Å². The predicted molar refractivity (Wildman–Crippen MR) is 48.8 cm³/mol. The van der Waals surface area contributed by atoms with Gasteiger partial charge >= 0.3 is 64.4 Å². The summed E-state index contributed by atoms with van der Waals surface area (Å²) in [5.41, 5.74) is 0. The topological polar surface area (TPSA) is 115 Å². The Morgan fingerprint density at radius 3 is 0.727 bits per heavy atom. The second-order valence-electron chi connectivity index (χ2n) is 0.565. The highest BCUT2D eigenvalue weighted by Crippen LogP contribution is 1.27. The van der Waals surface area contributed by atoms with Crippen LogP contribution in [0.4, 0.5) is 0 Å². The zero-order chi connectivity index (χ0) is 7.15. The third kappa shape index (κ3) is 579. The van der Waals surface area contributed by atoms with Crippen LogP contribution in [0.5, 0.6) is 0 Å². The van der Waals surface area contributed by atoms with Crippen molar-refractivity contribution in [1.29, 1.82) is 0 Å². The van der Waals surface area contributed by atoms with E-state index >= 15 is 0 Å². The van der Waals surface area contributed by atoms with Gasteiger partial charge in [-0.15, -0.1) is 0 Å². The molecule has 0 saturated carbocycles. The lowest BCUT2D eigenvalue weighted by molar-refractivity contribution is 0.328. The first-order valence-electron chi connectivity index (χ1n) is 1.30. The van der Waals surface area contributed by atoms with Gasteiger partial charge in [-0.3, -0.25) is 8.92 Å². The molecule has 62 valence electrons. The second-order valence-corrected chi connectivity index (χ2v) is 1.70. The minimum Gasteiger partial charge on any atom is -0.511 e. The van der Waals surface area contributed by atoms with Gasteiger partial charge in [0, 0.05) is 0 Å². The molecule has 0 amide bonds. The molecule has 0 heterocycles. The molecular weight excluding hydrogens is 228 g/mol. The summed E-state index contributed by atoms with van der Waals surface area (Å²) in [6.07, 6.45) is 0. The Hall–Kier alpha value is 1.30. The molecule has 0 aliphatic rings. The summed E-state index contributed by atoms with van der Waals surface area (Å²) < 4.78 is 17.5. The molecular formula is H11AlMg2O6Si2. The van der Waals surface area contributed by atoms with E-state index in [0.717, 1.165) is 0 Å². The molecule has 0 aliphatic carbocycles. The van der Waals surface area contributed by atoms with Crippen LogP contribution >= 0.6 is 0 Å². The Morgan fingerprint density at radius 2 is 0.727 bits per heavy atom. The summed E-state index contributed by atoms with van der Waals surface area (Å²) in [6, 6.07) is 0. The Morgan fingerprint density at radius 1 is 0.727 bits per heavy atom. The second kappa shape index (κ2) is 22.5. The summed E-state index contributed by atoms with van der Waals surface area (Å²) in [5, 5.41) is 0. The van der Waals surface area contributed by atoms with E-state index in [1.54, 1.807) is 0 Å². The van der Waals surface area contributed by atoms with Crippen LogP contribution in [0.25, 0.3) is 0 Å². The van der Waals surface area contributed by atoms with E-state index in [-0.39, 0.29) is 63.5 Å². The molecule has 4 N–H and O–H groups in total. The highest BCUT2D eigenvalue weighted by Gasteiger charge is 1.85. The molecule has 11 heteroatoms. The van der Waals surface area contributed by atoms with E-state index in [1.165, 1.54) is 0 Å². The first-order chi connectivity index (χ1) is 3.46. The van der Waals surface area contributed by atoms with Crippen LogP contribution < -0.4 is 0 Å². The van der Waals surface area contributed by atoms with Crippen molar-refractivity contribution >= 4 is 81.8 Å². The fourth-order valence-corrected chi connectivity index (χ4v) is 0. The van der Waals surface area contributed by atoms with Gasteiger partial charge in [0.1, 0.15) is 0 Å². The standard InChI is InChI=1S/Al.2Mg.2H2O3Si.7H/c;;;2*1-4(2)3;;;;;;;/h;;;2*1-2H;;;;;;;. The van der Waals surface area contributed by atoms with Crippen LogP contribution in [-0.2, 0) is 8.92 Å². The normalized spacial score (nSPS) is 4.36. The molecule has 0 aromatic carbocycles. The maximum Gasteiger partial charge on any atom is 0.761 e. The molecule has 0 saturated heterocycles. The first kappa shape index (κ1) is 29.5. The van der Waals surface area contributed by atoms with Crippen LogP contribution in [-0.4, -0.2) is 101 Å². The van der Waals surface area contributed by atoms with E-state index in [4.69, 9.17) is 28.1 Å². The van der Waals surface area contributed by atoms with Gasteiger partial charge in [0.05, 0.1) is 0 Å². The monoisotopic (exact) mass is 238 g/mol. The van der Waals surface area contributed by atoms with Crippen molar-refractivity contribution in [1.82, 2.24) is 0 Å². The van der Waals surface area contributed by atoms with Crippen LogP contribution in [0.3, 0.4) is 0 Å². The van der Waals surface area contributed by atoms with Crippen molar-refractivity contribution in [2.75, 3.05) is 0 Å². The van der Waals surface area contributed by atoms with Gasteiger partial charge in [-0.05, 0) is 0 Å². The van der Waals surface area contributed by atoms with Gasteiger partial charge in [0.15, 0.2) is 17.4 Å². The summed E-state index contributed by atoms with van der Waals surface area (Å²) in [6.45, 7) is 0. The molecule has 0 aromatic heterocycles. The van der Waals surface area contributed by atoms with E-state index in [0.29, 0.717) is 0 Å². The van der Waals surface area contributed by atoms with Gasteiger partial charge in [-0.25, -0.2) is 0 Å². The average Bonchev–Trinajstić information content (AvgIpc) is 1.25. The molecule has 0 fully saturated rings. The third-order valence-corrected chi connectivity index (χ3v) is 0. The molecule has 0 aromatic rings. The van der Waals surface area contributed by atoms with Crippen molar-refractivity contribution in [3.05, 3.63) is 0 Å². The highest BCUT2D eigenvalue weighted by molar-refractivity contribution is 6.22. The summed E-state index contributed by atoms with van der Waals surface area (Å²) >= 11 is 0. The van der Waals surface area contributed by atoms with Crippen molar-refractivity contribution < 1.29 is 28.1 Å². The minimum atomic E-state index is -3.13. The summed E-state index contributed by atoms with van der Waals surface area (Å²) in [7, 11) is -6.26. The average molecular weight is 239 g/mol. The Balaban J connectivity index is -0.0000000171.